The van der Waals surface area contributed by atoms with E-state index in [2.05, 4.69) is 11.7 Å². The monoisotopic (exact) mass is 464 g/mol. The Morgan fingerprint density at radius 3 is 2.53 bits per heavy atom. The Hall–Kier alpha value is -3.98. The lowest BCUT2D eigenvalue weighted by Gasteiger charge is -2.26. The molecular weight excluding hydrogens is 436 g/mol. The zero-order chi connectivity index (χ0) is 24.1. The van der Waals surface area contributed by atoms with Gasteiger partial charge in [-0.1, -0.05) is 6.58 Å². The van der Waals surface area contributed by atoms with Gasteiger partial charge >= 0.3 is 0 Å². The molecule has 0 spiro atoms. The molecule has 2 heterocycles. The second-order valence-electron chi connectivity index (χ2n) is 7.61. The molecule has 2 aliphatic heterocycles. The average molecular weight is 465 g/mol. The second kappa shape index (κ2) is 10.3. The standard InChI is InChI=1S/C25H28N4O5/c1-16-5-8-21(17-6-9-23(32-4)24(13-17)34-19-11-12-33-15-19)28-29(16)25(27-26)20-14-18(30-2)7-10-22(20)31-3/h5-10,13-14,19H,1,11-12,15,26H2,2-4H3/b27-25-/t19-/m1/s1. The quantitative estimate of drug-likeness (QED) is 0.290. The number of hydrazone groups is 2. The highest BCUT2D eigenvalue weighted by atomic mass is 16.6. The molecule has 1 atom stereocenters. The van der Waals surface area contributed by atoms with Crippen LogP contribution in [0.4, 0.5) is 0 Å². The van der Waals surface area contributed by atoms with Gasteiger partial charge in [-0.05, 0) is 48.6 Å². The number of ether oxygens (including phenoxy) is 5. The van der Waals surface area contributed by atoms with E-state index in [-0.39, 0.29) is 6.10 Å². The minimum Gasteiger partial charge on any atom is -0.497 e. The zero-order valence-electron chi connectivity index (χ0n) is 19.5. The van der Waals surface area contributed by atoms with E-state index in [4.69, 9.17) is 34.6 Å². The largest absolute Gasteiger partial charge is 0.497 e. The maximum atomic E-state index is 6.14. The molecule has 0 bridgehead atoms. The first-order valence-corrected chi connectivity index (χ1v) is 10.8. The van der Waals surface area contributed by atoms with Crippen LogP contribution in [-0.4, -0.2) is 57.2 Å². The van der Waals surface area contributed by atoms with Crippen molar-refractivity contribution in [2.75, 3.05) is 34.5 Å². The molecular formula is C25H28N4O5. The van der Waals surface area contributed by atoms with Crippen molar-refractivity contribution < 1.29 is 23.7 Å². The summed E-state index contributed by atoms with van der Waals surface area (Å²) in [5, 5.41) is 10.4. The number of allylic oxidation sites excluding steroid dienone is 2. The van der Waals surface area contributed by atoms with Crippen LogP contribution >= 0.6 is 0 Å². The molecule has 1 saturated heterocycles. The fraction of sp³-hybridized carbons (Fsp3) is 0.280. The van der Waals surface area contributed by atoms with Crippen LogP contribution < -0.4 is 24.8 Å². The third-order valence-electron chi connectivity index (χ3n) is 5.52. The molecule has 4 rings (SSSR count). The van der Waals surface area contributed by atoms with Crippen molar-refractivity contribution in [1.82, 2.24) is 5.01 Å². The topological polar surface area (TPSA) is 100 Å². The van der Waals surface area contributed by atoms with Gasteiger partial charge in [0.05, 0.1) is 51.5 Å². The van der Waals surface area contributed by atoms with Crippen LogP contribution in [0.3, 0.4) is 0 Å². The minimum atomic E-state index is -0.0132. The molecule has 178 valence electrons. The number of benzene rings is 2. The van der Waals surface area contributed by atoms with Crippen LogP contribution in [0, 0.1) is 0 Å². The predicted molar refractivity (Wildman–Crippen MR) is 130 cm³/mol. The van der Waals surface area contributed by atoms with Crippen LogP contribution in [0.25, 0.3) is 0 Å². The van der Waals surface area contributed by atoms with Crippen molar-refractivity contribution in [3.63, 3.8) is 0 Å². The third kappa shape index (κ3) is 4.69. The number of amidine groups is 1. The number of hydrogen-bond donors (Lipinski definition) is 1. The van der Waals surface area contributed by atoms with E-state index in [1.165, 1.54) is 0 Å². The molecule has 0 amide bonds. The molecule has 0 aliphatic carbocycles. The molecule has 0 saturated carbocycles. The van der Waals surface area contributed by atoms with Gasteiger partial charge in [0.15, 0.2) is 17.3 Å². The first-order chi connectivity index (χ1) is 16.6. The number of methoxy groups -OCH3 is 3. The maximum Gasteiger partial charge on any atom is 0.184 e. The molecule has 2 N–H and O–H groups in total. The number of nitrogens with zero attached hydrogens (tertiary/aromatic N) is 3. The van der Waals surface area contributed by atoms with Crippen molar-refractivity contribution in [2.45, 2.75) is 12.5 Å². The van der Waals surface area contributed by atoms with Crippen molar-refractivity contribution in [1.29, 1.82) is 0 Å². The van der Waals surface area contributed by atoms with Crippen molar-refractivity contribution in [3.8, 4) is 23.0 Å². The number of hydrogen-bond acceptors (Lipinski definition) is 8. The zero-order valence-corrected chi connectivity index (χ0v) is 19.5. The Kier molecular flexibility index (Phi) is 7.03. The van der Waals surface area contributed by atoms with Gasteiger partial charge in [-0.2, -0.15) is 10.2 Å². The molecule has 2 aromatic rings. The third-order valence-corrected chi connectivity index (χ3v) is 5.52. The van der Waals surface area contributed by atoms with Gasteiger partial charge in [0.1, 0.15) is 17.6 Å². The summed E-state index contributed by atoms with van der Waals surface area (Å²) in [7, 11) is 4.78. The van der Waals surface area contributed by atoms with E-state index in [0.29, 0.717) is 59.0 Å². The van der Waals surface area contributed by atoms with E-state index in [1.54, 1.807) is 44.5 Å². The smallest absolute Gasteiger partial charge is 0.184 e. The highest BCUT2D eigenvalue weighted by molar-refractivity contribution is 6.12. The van der Waals surface area contributed by atoms with Gasteiger partial charge in [0.2, 0.25) is 0 Å². The van der Waals surface area contributed by atoms with E-state index in [0.717, 1.165) is 12.0 Å². The second-order valence-corrected chi connectivity index (χ2v) is 7.61. The molecule has 0 radical (unpaired) electrons. The SMILES string of the molecule is C=C1C=CC(c2ccc(OC)c(O[C@@H]3CCOC3)c2)=NN1/C(=N\N)c1cc(OC)ccc1OC. The predicted octanol–water partition coefficient (Wildman–Crippen LogP) is 3.29. The molecule has 9 heteroatoms. The summed E-state index contributed by atoms with van der Waals surface area (Å²) in [4.78, 5) is 0. The van der Waals surface area contributed by atoms with E-state index < -0.39 is 0 Å². The van der Waals surface area contributed by atoms with Crippen molar-refractivity contribution in [2.24, 2.45) is 16.0 Å². The minimum absolute atomic E-state index is 0.0132. The molecule has 2 aliphatic rings. The van der Waals surface area contributed by atoms with E-state index in [9.17, 15) is 0 Å². The lowest BCUT2D eigenvalue weighted by atomic mass is 10.1. The Bertz CT molecular complexity index is 1150. The number of nitrogens with two attached hydrogens (primary N) is 1. The summed E-state index contributed by atoms with van der Waals surface area (Å²) in [5.41, 5.74) is 2.71. The summed E-state index contributed by atoms with van der Waals surface area (Å²) in [6.07, 6.45) is 4.54. The lowest BCUT2D eigenvalue weighted by Crippen LogP contribution is -2.30. The van der Waals surface area contributed by atoms with Gasteiger partial charge in [0.25, 0.3) is 0 Å². The Labute approximate surface area is 198 Å². The summed E-state index contributed by atoms with van der Waals surface area (Å²) in [5.74, 6) is 8.65. The molecule has 0 unspecified atom stereocenters. The highest BCUT2D eigenvalue weighted by Gasteiger charge is 2.24. The van der Waals surface area contributed by atoms with Crippen LogP contribution in [-0.2, 0) is 4.74 Å². The van der Waals surface area contributed by atoms with Crippen LogP contribution in [0.5, 0.6) is 23.0 Å². The van der Waals surface area contributed by atoms with Gasteiger partial charge in [-0.15, -0.1) is 0 Å². The molecule has 0 aromatic heterocycles. The van der Waals surface area contributed by atoms with Gasteiger partial charge in [-0.25, -0.2) is 5.01 Å². The van der Waals surface area contributed by atoms with Crippen molar-refractivity contribution in [3.05, 3.63) is 72.0 Å². The highest BCUT2D eigenvalue weighted by Crippen LogP contribution is 2.32. The maximum absolute atomic E-state index is 6.14. The Morgan fingerprint density at radius 2 is 1.85 bits per heavy atom. The normalized spacial score (nSPS) is 18.0. The van der Waals surface area contributed by atoms with Gasteiger partial charge in [0, 0.05) is 12.0 Å². The van der Waals surface area contributed by atoms with Gasteiger partial charge < -0.3 is 29.5 Å². The number of rotatable bonds is 7. The first kappa shape index (κ1) is 23.2. The van der Waals surface area contributed by atoms with Gasteiger partial charge in [-0.3, -0.25) is 0 Å². The fourth-order valence-corrected chi connectivity index (χ4v) is 3.73. The summed E-state index contributed by atoms with van der Waals surface area (Å²) in [6, 6.07) is 11.0. The van der Waals surface area contributed by atoms with Crippen LogP contribution in [0.1, 0.15) is 17.5 Å². The Balaban J connectivity index is 1.70. The summed E-state index contributed by atoms with van der Waals surface area (Å²) in [6.45, 7) is 5.34. The van der Waals surface area contributed by atoms with Crippen LogP contribution in [0.2, 0.25) is 0 Å². The molecule has 34 heavy (non-hydrogen) atoms. The van der Waals surface area contributed by atoms with E-state index >= 15 is 0 Å². The lowest BCUT2D eigenvalue weighted by molar-refractivity contribution is 0.138. The summed E-state index contributed by atoms with van der Waals surface area (Å²) < 4.78 is 27.9. The molecule has 2 aromatic carbocycles. The van der Waals surface area contributed by atoms with Crippen molar-refractivity contribution >= 4 is 11.5 Å². The average Bonchev–Trinajstić information content (AvgIpc) is 3.38. The summed E-state index contributed by atoms with van der Waals surface area (Å²) >= 11 is 0. The molecule has 9 nitrogen and oxygen atoms in total. The molecule has 1 fully saturated rings. The van der Waals surface area contributed by atoms with Crippen LogP contribution in [0.15, 0.2) is 71.0 Å². The first-order valence-electron chi connectivity index (χ1n) is 10.8. The Morgan fingerprint density at radius 1 is 1.06 bits per heavy atom. The fourth-order valence-electron chi connectivity index (χ4n) is 3.73. The van der Waals surface area contributed by atoms with E-state index in [1.807, 2.05) is 30.4 Å².